The number of hydrogen-bond acceptors (Lipinski definition) is 6. The van der Waals surface area contributed by atoms with E-state index in [4.69, 9.17) is 10.5 Å². The quantitative estimate of drug-likeness (QED) is 0.789. The van der Waals surface area contributed by atoms with E-state index >= 15 is 0 Å². The monoisotopic (exact) mass is 237 g/mol. The van der Waals surface area contributed by atoms with Crippen molar-refractivity contribution >= 4 is 17.6 Å². The van der Waals surface area contributed by atoms with Crippen LogP contribution in [-0.4, -0.2) is 42.3 Å². The van der Waals surface area contributed by atoms with Crippen LogP contribution in [0.1, 0.15) is 13.8 Å². The Hall–Kier alpha value is -1.56. The van der Waals surface area contributed by atoms with Crippen molar-refractivity contribution in [2.75, 3.05) is 42.7 Å². The Kier molecular flexibility index (Phi) is 3.06. The molecular weight excluding hydrogens is 218 g/mol. The standard InChI is InChI=1S/C11H19N5O/c1-11(2)7-16(4-5-17-11)9-6-8(13-3)14-10(12)15-9/h6H,4-5,7H2,1-3H3,(H3,12,13,14,15). The van der Waals surface area contributed by atoms with E-state index in [1.807, 2.05) is 13.1 Å². The second-order valence-electron chi connectivity index (χ2n) is 4.75. The first-order valence-corrected chi connectivity index (χ1v) is 5.71. The van der Waals surface area contributed by atoms with Crippen LogP contribution in [0.15, 0.2) is 6.07 Å². The molecule has 0 spiro atoms. The highest BCUT2D eigenvalue weighted by Crippen LogP contribution is 2.23. The third-order valence-electron chi connectivity index (χ3n) is 2.74. The number of hydrogen-bond donors (Lipinski definition) is 2. The normalized spacial score (nSPS) is 19.1. The second kappa shape index (κ2) is 4.37. The van der Waals surface area contributed by atoms with Gasteiger partial charge in [0.05, 0.1) is 12.2 Å². The maximum atomic E-state index is 5.69. The van der Waals surface area contributed by atoms with Gasteiger partial charge in [0.15, 0.2) is 0 Å². The number of nitrogens with zero attached hydrogens (tertiary/aromatic N) is 3. The molecule has 1 saturated heterocycles. The first-order chi connectivity index (χ1) is 8.00. The summed E-state index contributed by atoms with van der Waals surface area (Å²) < 4.78 is 5.67. The van der Waals surface area contributed by atoms with Crippen LogP contribution in [0.5, 0.6) is 0 Å². The van der Waals surface area contributed by atoms with Crippen molar-refractivity contribution < 1.29 is 4.74 Å². The Bertz CT molecular complexity index is 407. The molecule has 94 valence electrons. The Morgan fingerprint density at radius 2 is 2.24 bits per heavy atom. The van der Waals surface area contributed by atoms with Crippen LogP contribution in [0, 0.1) is 0 Å². The van der Waals surface area contributed by atoms with Crippen molar-refractivity contribution in [1.29, 1.82) is 0 Å². The lowest BCUT2D eigenvalue weighted by atomic mass is 10.1. The van der Waals surface area contributed by atoms with E-state index in [0.717, 1.165) is 24.7 Å². The lowest BCUT2D eigenvalue weighted by molar-refractivity contribution is -0.0279. The lowest BCUT2D eigenvalue weighted by Crippen LogP contribution is -2.48. The third kappa shape index (κ3) is 2.76. The predicted octanol–water partition coefficient (Wildman–Crippen LogP) is 0.716. The van der Waals surface area contributed by atoms with E-state index in [9.17, 15) is 0 Å². The molecule has 3 N–H and O–H groups in total. The summed E-state index contributed by atoms with van der Waals surface area (Å²) >= 11 is 0. The Morgan fingerprint density at radius 3 is 2.88 bits per heavy atom. The molecule has 1 aliphatic rings. The van der Waals surface area contributed by atoms with Crippen LogP contribution >= 0.6 is 0 Å². The highest BCUT2D eigenvalue weighted by Gasteiger charge is 2.28. The van der Waals surface area contributed by atoms with Gasteiger partial charge >= 0.3 is 0 Å². The average molecular weight is 237 g/mol. The molecule has 2 heterocycles. The number of morpholine rings is 1. The van der Waals surface area contributed by atoms with Gasteiger partial charge in [0.1, 0.15) is 11.6 Å². The molecule has 0 atom stereocenters. The summed E-state index contributed by atoms with van der Waals surface area (Å²) in [6.07, 6.45) is 0. The highest BCUT2D eigenvalue weighted by molar-refractivity contribution is 5.52. The van der Waals surface area contributed by atoms with Gasteiger partial charge in [0.25, 0.3) is 0 Å². The molecule has 0 aromatic carbocycles. The molecule has 1 aromatic rings. The molecule has 0 unspecified atom stereocenters. The van der Waals surface area contributed by atoms with Crippen molar-refractivity contribution in [3.05, 3.63) is 6.07 Å². The van der Waals surface area contributed by atoms with Gasteiger partial charge in [-0.2, -0.15) is 9.97 Å². The van der Waals surface area contributed by atoms with E-state index in [1.54, 1.807) is 0 Å². The summed E-state index contributed by atoms with van der Waals surface area (Å²) in [5, 5.41) is 2.98. The Balaban J connectivity index is 2.24. The summed E-state index contributed by atoms with van der Waals surface area (Å²) in [5.41, 5.74) is 5.53. The number of aromatic nitrogens is 2. The summed E-state index contributed by atoms with van der Waals surface area (Å²) in [6.45, 7) is 6.47. The van der Waals surface area contributed by atoms with Gasteiger partial charge in [-0.15, -0.1) is 0 Å². The fourth-order valence-electron chi connectivity index (χ4n) is 1.95. The zero-order valence-corrected chi connectivity index (χ0v) is 10.5. The zero-order valence-electron chi connectivity index (χ0n) is 10.5. The molecule has 6 heteroatoms. The number of nitrogen functional groups attached to an aromatic ring is 1. The van der Waals surface area contributed by atoms with Crippen LogP contribution in [-0.2, 0) is 4.74 Å². The molecule has 1 fully saturated rings. The number of nitrogens with one attached hydrogen (secondary N) is 1. The predicted molar refractivity (Wildman–Crippen MR) is 68.2 cm³/mol. The minimum Gasteiger partial charge on any atom is -0.373 e. The van der Waals surface area contributed by atoms with Gasteiger partial charge < -0.3 is 20.7 Å². The summed E-state index contributed by atoms with van der Waals surface area (Å²) in [5.74, 6) is 1.87. The molecule has 0 radical (unpaired) electrons. The Labute approximate surface area is 101 Å². The average Bonchev–Trinajstić information content (AvgIpc) is 2.27. The fourth-order valence-corrected chi connectivity index (χ4v) is 1.95. The summed E-state index contributed by atoms with van der Waals surface area (Å²) in [4.78, 5) is 10.5. The maximum absolute atomic E-state index is 5.69. The molecule has 0 bridgehead atoms. The van der Waals surface area contributed by atoms with Crippen molar-refractivity contribution in [1.82, 2.24) is 9.97 Å². The molecular formula is C11H19N5O. The number of nitrogens with two attached hydrogens (primary N) is 1. The topological polar surface area (TPSA) is 76.3 Å². The van der Waals surface area contributed by atoms with Gasteiger partial charge in [-0.1, -0.05) is 0 Å². The van der Waals surface area contributed by atoms with Crippen LogP contribution < -0.4 is 16.0 Å². The SMILES string of the molecule is CNc1cc(N2CCOC(C)(C)C2)nc(N)n1. The summed E-state index contributed by atoms with van der Waals surface area (Å²) in [7, 11) is 1.81. The van der Waals surface area contributed by atoms with Crippen molar-refractivity contribution in [3.63, 3.8) is 0 Å². The Morgan fingerprint density at radius 1 is 1.47 bits per heavy atom. The van der Waals surface area contributed by atoms with E-state index in [0.29, 0.717) is 6.61 Å². The molecule has 17 heavy (non-hydrogen) atoms. The van der Waals surface area contributed by atoms with Gasteiger partial charge in [-0.05, 0) is 13.8 Å². The second-order valence-corrected chi connectivity index (χ2v) is 4.75. The van der Waals surface area contributed by atoms with E-state index in [1.165, 1.54) is 0 Å². The van der Waals surface area contributed by atoms with Crippen LogP contribution in [0.3, 0.4) is 0 Å². The smallest absolute Gasteiger partial charge is 0.223 e. The van der Waals surface area contributed by atoms with Gasteiger partial charge in [-0.25, -0.2) is 0 Å². The first-order valence-electron chi connectivity index (χ1n) is 5.71. The minimum atomic E-state index is -0.155. The molecule has 6 nitrogen and oxygen atoms in total. The van der Waals surface area contributed by atoms with E-state index in [-0.39, 0.29) is 11.5 Å². The first kappa shape index (κ1) is 11.9. The summed E-state index contributed by atoms with van der Waals surface area (Å²) in [6, 6.07) is 1.90. The number of ether oxygens (including phenoxy) is 1. The maximum Gasteiger partial charge on any atom is 0.223 e. The van der Waals surface area contributed by atoms with E-state index < -0.39 is 0 Å². The number of rotatable bonds is 2. The van der Waals surface area contributed by atoms with Crippen molar-refractivity contribution in [2.45, 2.75) is 19.4 Å². The molecule has 1 aromatic heterocycles. The van der Waals surface area contributed by atoms with Gasteiger partial charge in [0, 0.05) is 26.2 Å². The van der Waals surface area contributed by atoms with Crippen molar-refractivity contribution in [2.24, 2.45) is 0 Å². The molecule has 0 saturated carbocycles. The largest absolute Gasteiger partial charge is 0.373 e. The van der Waals surface area contributed by atoms with Crippen molar-refractivity contribution in [3.8, 4) is 0 Å². The highest BCUT2D eigenvalue weighted by atomic mass is 16.5. The fraction of sp³-hybridized carbons (Fsp3) is 0.636. The minimum absolute atomic E-state index is 0.155. The third-order valence-corrected chi connectivity index (χ3v) is 2.74. The van der Waals surface area contributed by atoms with Crippen LogP contribution in [0.4, 0.5) is 17.6 Å². The molecule has 0 aliphatic carbocycles. The molecule has 0 amide bonds. The molecule has 1 aliphatic heterocycles. The molecule has 2 rings (SSSR count). The zero-order chi connectivity index (χ0) is 12.5. The van der Waals surface area contributed by atoms with Crippen LogP contribution in [0.25, 0.3) is 0 Å². The van der Waals surface area contributed by atoms with E-state index in [2.05, 4.69) is 34.0 Å². The van der Waals surface area contributed by atoms with Gasteiger partial charge in [0.2, 0.25) is 5.95 Å². The number of anilines is 3. The lowest BCUT2D eigenvalue weighted by Gasteiger charge is -2.38. The van der Waals surface area contributed by atoms with Crippen LogP contribution in [0.2, 0.25) is 0 Å². The van der Waals surface area contributed by atoms with Gasteiger partial charge in [-0.3, -0.25) is 0 Å².